The number of aliphatic imine (C=N–C) groups is 2. The monoisotopic (exact) mass is 406 g/mol. The minimum atomic E-state index is -1.05. The van der Waals surface area contributed by atoms with Crippen molar-refractivity contribution in [2.24, 2.45) is 15.7 Å². The van der Waals surface area contributed by atoms with Gasteiger partial charge in [0.25, 0.3) is 0 Å². The maximum atomic E-state index is 11.7. The molecule has 30 heavy (non-hydrogen) atoms. The van der Waals surface area contributed by atoms with Gasteiger partial charge in [0.2, 0.25) is 0 Å². The third-order valence-electron chi connectivity index (χ3n) is 4.29. The Bertz CT molecular complexity index is 917. The molecule has 0 atom stereocenters. The minimum Gasteiger partial charge on any atom is -0.422 e. The summed E-state index contributed by atoms with van der Waals surface area (Å²) >= 11 is 0. The van der Waals surface area contributed by atoms with Crippen molar-refractivity contribution in [2.75, 3.05) is 7.05 Å². The van der Waals surface area contributed by atoms with Crippen LogP contribution in [0, 0.1) is 0 Å². The Hall–Kier alpha value is -3.88. The van der Waals surface area contributed by atoms with Crippen molar-refractivity contribution in [3.8, 4) is 11.5 Å². The van der Waals surface area contributed by atoms with Gasteiger partial charge in [0.1, 0.15) is 28.6 Å². The van der Waals surface area contributed by atoms with Crippen molar-refractivity contribution in [2.45, 2.75) is 5.66 Å². The van der Waals surface area contributed by atoms with Gasteiger partial charge in [-0.05, 0) is 55.9 Å². The van der Waals surface area contributed by atoms with Crippen LogP contribution in [0.15, 0.2) is 83.1 Å². The average Bonchev–Trinajstić information content (AvgIpc) is 2.78. The van der Waals surface area contributed by atoms with Crippen LogP contribution in [0.25, 0.3) is 0 Å². The Labute approximate surface area is 174 Å². The molecule has 0 saturated heterocycles. The zero-order chi connectivity index (χ0) is 22.3. The Balaban J connectivity index is 2.22. The predicted molar refractivity (Wildman–Crippen MR) is 116 cm³/mol. The number of nitrogens with one attached hydrogen (secondary N) is 1. The first-order valence-corrected chi connectivity index (χ1v) is 8.69. The fourth-order valence-corrected chi connectivity index (χ4v) is 2.49. The van der Waals surface area contributed by atoms with Crippen LogP contribution in [-0.4, -0.2) is 32.4 Å². The SMILES string of the molecule is C=NC(=C)C(=O)Oc1ccc(C(N)(NC)c2ccc(OC(=O)C(=C)N=C)cc2)cc1. The van der Waals surface area contributed by atoms with Crippen LogP contribution in [0.4, 0.5) is 0 Å². The Morgan fingerprint density at radius 2 is 1.17 bits per heavy atom. The quantitative estimate of drug-likeness (QED) is 0.217. The predicted octanol–water partition coefficient (Wildman–Crippen LogP) is 2.31. The van der Waals surface area contributed by atoms with Gasteiger partial charge in [0, 0.05) is 0 Å². The van der Waals surface area contributed by atoms with E-state index in [0.29, 0.717) is 22.6 Å². The molecule has 0 aliphatic heterocycles. The lowest BCUT2D eigenvalue weighted by Crippen LogP contribution is -2.49. The molecule has 2 aromatic carbocycles. The van der Waals surface area contributed by atoms with E-state index in [1.807, 2.05) is 0 Å². The molecule has 0 heterocycles. The van der Waals surface area contributed by atoms with Gasteiger partial charge in [-0.1, -0.05) is 37.4 Å². The number of esters is 2. The number of carbonyl (C=O) groups excluding carboxylic acids is 2. The van der Waals surface area contributed by atoms with E-state index in [1.165, 1.54) is 0 Å². The number of carbonyl (C=O) groups is 2. The summed E-state index contributed by atoms with van der Waals surface area (Å²) < 4.78 is 10.3. The molecule has 0 radical (unpaired) electrons. The topological polar surface area (TPSA) is 115 Å². The second-order valence-corrected chi connectivity index (χ2v) is 6.10. The highest BCUT2D eigenvalue weighted by Crippen LogP contribution is 2.28. The molecular weight excluding hydrogens is 384 g/mol. The van der Waals surface area contributed by atoms with Crippen LogP contribution in [0.5, 0.6) is 11.5 Å². The highest BCUT2D eigenvalue weighted by Gasteiger charge is 2.28. The third-order valence-corrected chi connectivity index (χ3v) is 4.29. The molecule has 0 amide bonds. The van der Waals surface area contributed by atoms with Crippen molar-refractivity contribution in [1.82, 2.24) is 5.32 Å². The van der Waals surface area contributed by atoms with Crippen LogP contribution < -0.4 is 20.5 Å². The number of benzene rings is 2. The van der Waals surface area contributed by atoms with Crippen molar-refractivity contribution >= 4 is 25.4 Å². The van der Waals surface area contributed by atoms with Gasteiger partial charge in [-0.25, -0.2) is 9.59 Å². The van der Waals surface area contributed by atoms with Gasteiger partial charge in [-0.15, -0.1) is 0 Å². The Morgan fingerprint density at radius 1 is 0.833 bits per heavy atom. The normalized spacial score (nSPS) is 10.6. The van der Waals surface area contributed by atoms with Gasteiger partial charge in [-0.3, -0.25) is 15.3 Å². The van der Waals surface area contributed by atoms with Crippen molar-refractivity contribution < 1.29 is 19.1 Å². The van der Waals surface area contributed by atoms with Crippen LogP contribution in [0.3, 0.4) is 0 Å². The summed E-state index contributed by atoms with van der Waals surface area (Å²) in [6.07, 6.45) is 0. The summed E-state index contributed by atoms with van der Waals surface area (Å²) in [6, 6.07) is 13.3. The van der Waals surface area contributed by atoms with Gasteiger partial charge in [0.05, 0.1) is 0 Å². The second kappa shape index (κ2) is 9.55. The highest BCUT2D eigenvalue weighted by atomic mass is 16.5. The van der Waals surface area contributed by atoms with E-state index in [1.54, 1.807) is 55.6 Å². The van der Waals surface area contributed by atoms with Crippen molar-refractivity contribution in [3.05, 3.63) is 84.2 Å². The molecule has 0 fully saturated rings. The van der Waals surface area contributed by atoms with E-state index in [2.05, 4.69) is 41.9 Å². The molecule has 0 aromatic heterocycles. The zero-order valence-electron chi connectivity index (χ0n) is 16.6. The molecule has 2 rings (SSSR count). The van der Waals surface area contributed by atoms with Crippen LogP contribution in [0.2, 0.25) is 0 Å². The van der Waals surface area contributed by atoms with Gasteiger partial charge < -0.3 is 15.2 Å². The first-order valence-electron chi connectivity index (χ1n) is 8.69. The molecule has 0 unspecified atom stereocenters. The third kappa shape index (κ3) is 4.93. The van der Waals surface area contributed by atoms with E-state index >= 15 is 0 Å². The van der Waals surface area contributed by atoms with Crippen molar-refractivity contribution in [3.63, 3.8) is 0 Å². The molecule has 3 N–H and O–H groups in total. The summed E-state index contributed by atoms with van der Waals surface area (Å²) in [7, 11) is 1.71. The number of hydrogen-bond donors (Lipinski definition) is 2. The highest BCUT2D eigenvalue weighted by molar-refractivity contribution is 5.90. The van der Waals surface area contributed by atoms with Crippen LogP contribution >= 0.6 is 0 Å². The van der Waals surface area contributed by atoms with E-state index in [9.17, 15) is 9.59 Å². The number of ether oxygens (including phenoxy) is 2. The number of nitrogens with two attached hydrogens (primary N) is 1. The van der Waals surface area contributed by atoms with Crippen molar-refractivity contribution in [1.29, 1.82) is 0 Å². The number of nitrogens with zero attached hydrogens (tertiary/aromatic N) is 2. The molecule has 0 spiro atoms. The molecule has 0 aliphatic rings. The first-order chi connectivity index (χ1) is 14.2. The Kier molecular flexibility index (Phi) is 7.13. The maximum Gasteiger partial charge on any atom is 0.361 e. The molecule has 8 heteroatoms. The smallest absolute Gasteiger partial charge is 0.361 e. The van der Waals surface area contributed by atoms with Gasteiger partial charge in [-0.2, -0.15) is 0 Å². The lowest BCUT2D eigenvalue weighted by molar-refractivity contribution is -0.131. The van der Waals surface area contributed by atoms with E-state index in [0.717, 1.165) is 0 Å². The molecule has 2 aromatic rings. The maximum absolute atomic E-state index is 11.7. The summed E-state index contributed by atoms with van der Waals surface area (Å²) in [4.78, 5) is 30.3. The number of rotatable bonds is 9. The van der Waals surface area contributed by atoms with E-state index < -0.39 is 17.6 Å². The second-order valence-electron chi connectivity index (χ2n) is 6.10. The zero-order valence-corrected chi connectivity index (χ0v) is 16.6. The molecule has 0 aliphatic carbocycles. The molecule has 8 nitrogen and oxygen atoms in total. The fraction of sp³-hybridized carbons (Fsp3) is 0.0909. The standard InChI is InChI=1S/C22H22N4O4/c1-14(24-3)20(27)29-18-10-6-16(7-11-18)22(23,26-5)17-8-12-19(13-9-17)30-21(28)15(2)25-4/h6-13,26H,1-4,23H2,5H3. The van der Waals surface area contributed by atoms with E-state index in [4.69, 9.17) is 15.2 Å². The summed E-state index contributed by atoms with van der Waals surface area (Å²) in [5.74, 6) is -0.759. The largest absolute Gasteiger partial charge is 0.422 e. The Morgan fingerprint density at radius 3 is 1.43 bits per heavy atom. The summed E-state index contributed by atoms with van der Waals surface area (Å²) in [5.41, 5.74) is 6.77. The lowest BCUT2D eigenvalue weighted by Gasteiger charge is -2.30. The van der Waals surface area contributed by atoms with Crippen LogP contribution in [-0.2, 0) is 15.3 Å². The summed E-state index contributed by atoms with van der Waals surface area (Å²) in [5, 5.41) is 3.07. The molecular formula is C22H22N4O4. The van der Waals surface area contributed by atoms with Gasteiger partial charge >= 0.3 is 11.9 Å². The average molecular weight is 406 g/mol. The van der Waals surface area contributed by atoms with Gasteiger partial charge in [0.15, 0.2) is 0 Å². The molecule has 0 saturated carbocycles. The molecule has 0 bridgehead atoms. The lowest BCUT2D eigenvalue weighted by atomic mass is 9.92. The minimum absolute atomic E-state index is 0.0873. The fourth-order valence-electron chi connectivity index (χ4n) is 2.49. The van der Waals surface area contributed by atoms with Crippen LogP contribution in [0.1, 0.15) is 11.1 Å². The molecule has 154 valence electrons. The first kappa shape index (κ1) is 22.4. The summed E-state index contributed by atoms with van der Waals surface area (Å²) in [6.45, 7) is 13.3. The van der Waals surface area contributed by atoms with E-state index in [-0.39, 0.29) is 11.4 Å². The number of hydrogen-bond acceptors (Lipinski definition) is 8.